The summed E-state index contributed by atoms with van der Waals surface area (Å²) in [7, 11) is 0. The van der Waals surface area contributed by atoms with Crippen molar-refractivity contribution in [3.05, 3.63) is 23.3 Å². The Labute approximate surface area is 89.4 Å². The molecule has 0 unspecified atom stereocenters. The van der Waals surface area contributed by atoms with E-state index in [0.29, 0.717) is 12.2 Å². The number of hydrogen-bond acceptors (Lipinski definition) is 3. The summed E-state index contributed by atoms with van der Waals surface area (Å²) < 4.78 is 0. The molecule has 0 fully saturated rings. The van der Waals surface area contributed by atoms with Crippen LogP contribution in [0.2, 0.25) is 0 Å². The quantitative estimate of drug-likeness (QED) is 0.800. The van der Waals surface area contributed by atoms with Crippen LogP contribution < -0.4 is 0 Å². The Morgan fingerprint density at radius 1 is 1.40 bits per heavy atom. The highest BCUT2D eigenvalue weighted by Gasteiger charge is 2.04. The lowest BCUT2D eigenvalue weighted by Gasteiger charge is -2.03. The molecule has 15 heavy (non-hydrogen) atoms. The number of aliphatic carboxylic acids is 1. The molecule has 0 saturated carbocycles. The van der Waals surface area contributed by atoms with Gasteiger partial charge in [0.25, 0.3) is 0 Å². The molecule has 1 aromatic heterocycles. The number of aryl methyl sites for hydroxylation is 3. The van der Waals surface area contributed by atoms with Crippen LogP contribution >= 0.6 is 0 Å². The SMILES string of the molecule is CCCc1cc(C)nc(CCC(=O)O)n1. The second-order valence-electron chi connectivity index (χ2n) is 3.56. The van der Waals surface area contributed by atoms with Crippen LogP contribution in [0, 0.1) is 6.92 Å². The molecule has 0 amide bonds. The predicted molar refractivity (Wildman–Crippen MR) is 56.7 cm³/mol. The standard InChI is InChI=1S/C11H16N2O2/c1-3-4-9-7-8(2)12-10(13-9)5-6-11(14)15/h7H,3-6H2,1-2H3,(H,14,15). The van der Waals surface area contributed by atoms with Crippen molar-refractivity contribution in [2.75, 3.05) is 0 Å². The van der Waals surface area contributed by atoms with Crippen LogP contribution in [-0.4, -0.2) is 21.0 Å². The second kappa shape index (κ2) is 5.44. The first-order chi connectivity index (χ1) is 7.11. The van der Waals surface area contributed by atoms with E-state index in [2.05, 4.69) is 16.9 Å². The van der Waals surface area contributed by atoms with Gasteiger partial charge in [0.05, 0.1) is 6.42 Å². The molecule has 4 heteroatoms. The number of carboxylic acid groups (broad SMARTS) is 1. The van der Waals surface area contributed by atoms with Gasteiger partial charge >= 0.3 is 5.97 Å². The molecule has 0 radical (unpaired) electrons. The number of rotatable bonds is 5. The molecule has 1 heterocycles. The minimum absolute atomic E-state index is 0.0923. The summed E-state index contributed by atoms with van der Waals surface area (Å²) in [6, 6.07) is 1.95. The Balaban J connectivity index is 2.74. The topological polar surface area (TPSA) is 63.1 Å². The third-order valence-corrected chi connectivity index (χ3v) is 2.02. The first-order valence-electron chi connectivity index (χ1n) is 5.17. The van der Waals surface area contributed by atoms with Crippen molar-refractivity contribution in [3.63, 3.8) is 0 Å². The molecule has 0 saturated heterocycles. The van der Waals surface area contributed by atoms with E-state index in [4.69, 9.17) is 5.11 Å². The molecular weight excluding hydrogens is 192 g/mol. The lowest BCUT2D eigenvalue weighted by Crippen LogP contribution is -2.05. The van der Waals surface area contributed by atoms with Gasteiger partial charge in [0.1, 0.15) is 5.82 Å². The monoisotopic (exact) mass is 208 g/mol. The van der Waals surface area contributed by atoms with Crippen molar-refractivity contribution in [1.29, 1.82) is 0 Å². The maximum Gasteiger partial charge on any atom is 0.303 e. The Kier molecular flexibility index (Phi) is 4.21. The van der Waals surface area contributed by atoms with E-state index in [1.807, 2.05) is 13.0 Å². The van der Waals surface area contributed by atoms with E-state index >= 15 is 0 Å². The van der Waals surface area contributed by atoms with E-state index in [0.717, 1.165) is 24.2 Å². The van der Waals surface area contributed by atoms with Crippen molar-refractivity contribution in [3.8, 4) is 0 Å². The Hall–Kier alpha value is -1.45. The van der Waals surface area contributed by atoms with Crippen LogP contribution in [0.4, 0.5) is 0 Å². The largest absolute Gasteiger partial charge is 0.481 e. The highest BCUT2D eigenvalue weighted by atomic mass is 16.4. The number of carboxylic acids is 1. The summed E-state index contributed by atoms with van der Waals surface area (Å²) in [6.45, 7) is 4.00. The lowest BCUT2D eigenvalue weighted by atomic mass is 10.2. The van der Waals surface area contributed by atoms with E-state index in [-0.39, 0.29) is 6.42 Å². The fourth-order valence-electron chi connectivity index (χ4n) is 1.41. The van der Waals surface area contributed by atoms with E-state index in [1.165, 1.54) is 0 Å². The molecular formula is C11H16N2O2. The van der Waals surface area contributed by atoms with Gasteiger partial charge in [0.15, 0.2) is 0 Å². The van der Waals surface area contributed by atoms with Crippen LogP contribution in [0.25, 0.3) is 0 Å². The highest BCUT2D eigenvalue weighted by Crippen LogP contribution is 2.05. The van der Waals surface area contributed by atoms with Crippen molar-refractivity contribution in [1.82, 2.24) is 9.97 Å². The van der Waals surface area contributed by atoms with Crippen LogP contribution in [0.15, 0.2) is 6.07 Å². The first-order valence-corrected chi connectivity index (χ1v) is 5.17. The van der Waals surface area contributed by atoms with Crippen molar-refractivity contribution < 1.29 is 9.90 Å². The normalized spacial score (nSPS) is 10.3. The molecule has 1 N–H and O–H groups in total. The molecule has 0 bridgehead atoms. The van der Waals surface area contributed by atoms with Crippen molar-refractivity contribution in [2.24, 2.45) is 0 Å². The third kappa shape index (κ3) is 4.06. The van der Waals surface area contributed by atoms with Crippen molar-refractivity contribution in [2.45, 2.75) is 39.5 Å². The molecule has 82 valence electrons. The van der Waals surface area contributed by atoms with Gasteiger partial charge in [-0.2, -0.15) is 0 Å². The molecule has 4 nitrogen and oxygen atoms in total. The van der Waals surface area contributed by atoms with Gasteiger partial charge in [-0.25, -0.2) is 9.97 Å². The highest BCUT2D eigenvalue weighted by molar-refractivity contribution is 5.66. The maximum absolute atomic E-state index is 10.4. The Morgan fingerprint density at radius 2 is 2.13 bits per heavy atom. The van der Waals surface area contributed by atoms with Gasteiger partial charge < -0.3 is 5.11 Å². The van der Waals surface area contributed by atoms with Gasteiger partial charge in [-0.05, 0) is 19.4 Å². The number of nitrogens with zero attached hydrogens (tertiary/aromatic N) is 2. The zero-order chi connectivity index (χ0) is 11.3. The molecule has 0 aliphatic carbocycles. The molecule has 0 aliphatic heterocycles. The van der Waals surface area contributed by atoms with Gasteiger partial charge in [-0.15, -0.1) is 0 Å². The Morgan fingerprint density at radius 3 is 2.73 bits per heavy atom. The predicted octanol–water partition coefficient (Wildman–Crippen LogP) is 1.75. The lowest BCUT2D eigenvalue weighted by molar-refractivity contribution is -0.137. The molecule has 1 rings (SSSR count). The molecule has 0 atom stereocenters. The zero-order valence-corrected chi connectivity index (χ0v) is 9.16. The molecule has 0 aromatic carbocycles. The van der Waals surface area contributed by atoms with Crippen LogP contribution in [0.3, 0.4) is 0 Å². The summed E-state index contributed by atoms with van der Waals surface area (Å²) in [4.78, 5) is 18.9. The minimum atomic E-state index is -0.808. The summed E-state index contributed by atoms with van der Waals surface area (Å²) in [5.74, 6) is -0.169. The average Bonchev–Trinajstić information content (AvgIpc) is 2.14. The summed E-state index contributed by atoms with van der Waals surface area (Å²) in [5.41, 5.74) is 1.92. The number of hydrogen-bond donors (Lipinski definition) is 1. The average molecular weight is 208 g/mol. The number of aromatic nitrogens is 2. The van der Waals surface area contributed by atoms with Crippen molar-refractivity contribution >= 4 is 5.97 Å². The van der Waals surface area contributed by atoms with Gasteiger partial charge in [0, 0.05) is 17.8 Å². The van der Waals surface area contributed by atoms with Gasteiger partial charge in [0.2, 0.25) is 0 Å². The van der Waals surface area contributed by atoms with Gasteiger partial charge in [-0.1, -0.05) is 13.3 Å². The zero-order valence-electron chi connectivity index (χ0n) is 9.16. The molecule has 0 spiro atoms. The summed E-state index contributed by atoms with van der Waals surface area (Å²) in [5, 5.41) is 8.56. The number of carbonyl (C=O) groups is 1. The fraction of sp³-hybridized carbons (Fsp3) is 0.545. The minimum Gasteiger partial charge on any atom is -0.481 e. The maximum atomic E-state index is 10.4. The van der Waals surface area contributed by atoms with Crippen LogP contribution in [0.1, 0.15) is 37.0 Å². The van der Waals surface area contributed by atoms with Crippen LogP contribution in [-0.2, 0) is 17.6 Å². The van der Waals surface area contributed by atoms with Crippen LogP contribution in [0.5, 0.6) is 0 Å². The van der Waals surface area contributed by atoms with E-state index < -0.39 is 5.97 Å². The fourth-order valence-corrected chi connectivity index (χ4v) is 1.41. The smallest absolute Gasteiger partial charge is 0.303 e. The van der Waals surface area contributed by atoms with E-state index in [9.17, 15) is 4.79 Å². The second-order valence-corrected chi connectivity index (χ2v) is 3.56. The molecule has 1 aromatic rings. The third-order valence-electron chi connectivity index (χ3n) is 2.02. The van der Waals surface area contributed by atoms with Gasteiger partial charge in [-0.3, -0.25) is 4.79 Å². The Bertz CT molecular complexity index is 350. The summed E-state index contributed by atoms with van der Waals surface area (Å²) in [6.07, 6.45) is 2.46. The summed E-state index contributed by atoms with van der Waals surface area (Å²) >= 11 is 0. The first kappa shape index (κ1) is 11.6. The van der Waals surface area contributed by atoms with E-state index in [1.54, 1.807) is 0 Å². The molecule has 0 aliphatic rings.